The fourth-order valence-electron chi connectivity index (χ4n) is 3.21. The van der Waals surface area contributed by atoms with Crippen molar-refractivity contribution in [2.45, 2.75) is 90.1 Å². The maximum Gasteiger partial charge on any atom is 0.220 e. The molecule has 0 heterocycles. The molecule has 3 unspecified atom stereocenters. The third kappa shape index (κ3) is 7.14. The molecule has 0 aromatic heterocycles. The molecule has 4 nitrogen and oxygen atoms in total. The Kier molecular flexibility index (Phi) is 9.22. The lowest BCUT2D eigenvalue weighted by atomic mass is 9.83. The molecule has 6 heteroatoms. The quantitative estimate of drug-likeness (QED) is 0.596. The Balaban J connectivity index is 2.30. The standard InChI is InChI=1S/C18H32F2N2O2/c1-12(2)7-8-14(21-11-23)5-4-6-17(24)22-16-10-9-15(19)13(3)18(16)20/h11-16,18H,4-10H2,1-3H3,(H,21,23)(H,22,24)/t13?,14-,15?,16?,18+/m1/s1. The number of nitrogens with one attached hydrogen (secondary N) is 2. The van der Waals surface area contributed by atoms with Crippen molar-refractivity contribution in [1.82, 2.24) is 10.6 Å². The number of rotatable bonds is 10. The van der Waals surface area contributed by atoms with Crippen LogP contribution in [0.5, 0.6) is 0 Å². The molecule has 1 aliphatic carbocycles. The van der Waals surface area contributed by atoms with E-state index in [-0.39, 0.29) is 11.9 Å². The predicted octanol–water partition coefficient (Wildman–Crippen LogP) is 3.30. The van der Waals surface area contributed by atoms with Gasteiger partial charge in [-0.1, -0.05) is 20.8 Å². The van der Waals surface area contributed by atoms with Crippen molar-refractivity contribution in [1.29, 1.82) is 0 Å². The highest BCUT2D eigenvalue weighted by molar-refractivity contribution is 5.76. The van der Waals surface area contributed by atoms with Crippen LogP contribution >= 0.6 is 0 Å². The van der Waals surface area contributed by atoms with Crippen LogP contribution in [0.3, 0.4) is 0 Å². The first-order chi connectivity index (χ1) is 11.3. The number of carbonyl (C=O) groups is 2. The second-order valence-electron chi connectivity index (χ2n) is 7.42. The molecule has 1 aliphatic rings. The first kappa shape index (κ1) is 20.8. The fourth-order valence-corrected chi connectivity index (χ4v) is 3.21. The number of hydrogen-bond acceptors (Lipinski definition) is 2. The van der Waals surface area contributed by atoms with Crippen LogP contribution < -0.4 is 10.6 Å². The van der Waals surface area contributed by atoms with Gasteiger partial charge in [0.2, 0.25) is 12.3 Å². The molecule has 24 heavy (non-hydrogen) atoms. The van der Waals surface area contributed by atoms with Crippen molar-refractivity contribution in [2.75, 3.05) is 0 Å². The van der Waals surface area contributed by atoms with Gasteiger partial charge in [0.1, 0.15) is 12.3 Å². The third-order valence-electron chi connectivity index (χ3n) is 4.91. The largest absolute Gasteiger partial charge is 0.356 e. The van der Waals surface area contributed by atoms with Crippen LogP contribution in [0.25, 0.3) is 0 Å². The number of amides is 2. The van der Waals surface area contributed by atoms with Crippen LogP contribution in [-0.2, 0) is 9.59 Å². The molecule has 1 fully saturated rings. The minimum atomic E-state index is -1.33. The second kappa shape index (κ2) is 10.6. The smallest absolute Gasteiger partial charge is 0.220 e. The molecular formula is C18H32F2N2O2. The van der Waals surface area contributed by atoms with Gasteiger partial charge in [0, 0.05) is 18.4 Å². The van der Waals surface area contributed by atoms with Gasteiger partial charge in [0.05, 0.1) is 6.04 Å². The molecule has 1 saturated carbocycles. The minimum absolute atomic E-state index is 0.0774. The number of alkyl halides is 2. The second-order valence-corrected chi connectivity index (χ2v) is 7.42. The zero-order valence-corrected chi connectivity index (χ0v) is 15.1. The van der Waals surface area contributed by atoms with Crippen LogP contribution in [0.15, 0.2) is 0 Å². The lowest BCUT2D eigenvalue weighted by Crippen LogP contribution is -2.49. The first-order valence-electron chi connectivity index (χ1n) is 9.12. The summed E-state index contributed by atoms with van der Waals surface area (Å²) in [4.78, 5) is 22.6. The van der Waals surface area contributed by atoms with Crippen LogP contribution in [-0.4, -0.2) is 36.7 Å². The highest BCUT2D eigenvalue weighted by Gasteiger charge is 2.37. The molecule has 0 bridgehead atoms. The van der Waals surface area contributed by atoms with Crippen LogP contribution in [0.1, 0.15) is 65.7 Å². The molecule has 0 radical (unpaired) electrons. The topological polar surface area (TPSA) is 58.2 Å². The lowest BCUT2D eigenvalue weighted by molar-refractivity contribution is -0.123. The molecule has 0 aromatic carbocycles. The summed E-state index contributed by atoms with van der Waals surface area (Å²) in [5.41, 5.74) is 0. The van der Waals surface area contributed by atoms with Gasteiger partial charge in [-0.2, -0.15) is 0 Å². The van der Waals surface area contributed by atoms with Gasteiger partial charge in [-0.25, -0.2) is 8.78 Å². The van der Waals surface area contributed by atoms with E-state index in [0.717, 1.165) is 19.3 Å². The summed E-state index contributed by atoms with van der Waals surface area (Å²) in [6, 6.07) is -0.502. The predicted molar refractivity (Wildman–Crippen MR) is 91.0 cm³/mol. The van der Waals surface area contributed by atoms with E-state index in [1.807, 2.05) is 0 Å². The van der Waals surface area contributed by atoms with Gasteiger partial charge in [-0.3, -0.25) is 9.59 Å². The molecule has 0 aromatic rings. The van der Waals surface area contributed by atoms with E-state index in [9.17, 15) is 18.4 Å². The number of halogens is 2. The van der Waals surface area contributed by atoms with Gasteiger partial charge in [-0.05, 0) is 44.4 Å². The summed E-state index contributed by atoms with van der Waals surface area (Å²) in [6.45, 7) is 5.82. The molecule has 5 atom stereocenters. The number of hydrogen-bond donors (Lipinski definition) is 2. The average molecular weight is 346 g/mol. The third-order valence-corrected chi connectivity index (χ3v) is 4.91. The summed E-state index contributed by atoms with van der Waals surface area (Å²) >= 11 is 0. The molecule has 0 saturated heterocycles. The first-order valence-corrected chi connectivity index (χ1v) is 9.12. The van der Waals surface area contributed by atoms with E-state index in [2.05, 4.69) is 24.5 Å². The zero-order chi connectivity index (χ0) is 18.1. The minimum Gasteiger partial charge on any atom is -0.356 e. The summed E-state index contributed by atoms with van der Waals surface area (Å²) < 4.78 is 27.5. The van der Waals surface area contributed by atoms with Gasteiger partial charge in [-0.15, -0.1) is 0 Å². The molecule has 0 spiro atoms. The van der Waals surface area contributed by atoms with Crippen LogP contribution in [0.2, 0.25) is 0 Å². The van der Waals surface area contributed by atoms with Crippen molar-refractivity contribution in [2.24, 2.45) is 11.8 Å². The Morgan fingerprint density at radius 1 is 1.21 bits per heavy atom. The monoisotopic (exact) mass is 346 g/mol. The fraction of sp³-hybridized carbons (Fsp3) is 0.889. The van der Waals surface area contributed by atoms with E-state index in [4.69, 9.17) is 0 Å². The molecule has 2 N–H and O–H groups in total. The lowest BCUT2D eigenvalue weighted by Gasteiger charge is -2.34. The molecule has 2 amide bonds. The molecule has 0 aliphatic heterocycles. The summed E-state index contributed by atoms with van der Waals surface area (Å²) in [5.74, 6) is -0.291. The van der Waals surface area contributed by atoms with E-state index < -0.39 is 24.3 Å². The van der Waals surface area contributed by atoms with Gasteiger partial charge < -0.3 is 10.6 Å². The zero-order valence-electron chi connectivity index (χ0n) is 15.1. The highest BCUT2D eigenvalue weighted by Crippen LogP contribution is 2.29. The molecule has 1 rings (SSSR count). The van der Waals surface area contributed by atoms with Crippen molar-refractivity contribution in [3.05, 3.63) is 0 Å². The Hall–Kier alpha value is -1.20. The maximum atomic E-state index is 14.1. The Morgan fingerprint density at radius 2 is 1.92 bits per heavy atom. The van der Waals surface area contributed by atoms with E-state index in [0.29, 0.717) is 38.0 Å². The highest BCUT2D eigenvalue weighted by atomic mass is 19.1. The Morgan fingerprint density at radius 3 is 2.54 bits per heavy atom. The van der Waals surface area contributed by atoms with Gasteiger partial charge in [0.25, 0.3) is 0 Å². The van der Waals surface area contributed by atoms with Crippen molar-refractivity contribution in [3.63, 3.8) is 0 Å². The molecule has 140 valence electrons. The van der Waals surface area contributed by atoms with E-state index >= 15 is 0 Å². The summed E-state index contributed by atoms with van der Waals surface area (Å²) in [6.07, 6.45) is 2.48. The van der Waals surface area contributed by atoms with Crippen molar-refractivity contribution in [3.8, 4) is 0 Å². The SMILES string of the molecule is CC(C)CC[C@@H](CCCC(=O)NC1CCC(F)C(C)[C@@H]1F)NC=O. The summed E-state index contributed by atoms with van der Waals surface area (Å²) in [5, 5.41) is 5.50. The molecular weight excluding hydrogens is 314 g/mol. The maximum absolute atomic E-state index is 14.1. The van der Waals surface area contributed by atoms with E-state index in [1.165, 1.54) is 0 Å². The normalized spacial score (nSPS) is 28.4. The van der Waals surface area contributed by atoms with E-state index in [1.54, 1.807) is 6.92 Å². The van der Waals surface area contributed by atoms with Crippen LogP contribution in [0, 0.1) is 11.8 Å². The summed E-state index contributed by atoms with van der Waals surface area (Å²) in [7, 11) is 0. The Bertz CT molecular complexity index is 393. The van der Waals surface area contributed by atoms with Gasteiger partial charge in [0.15, 0.2) is 0 Å². The average Bonchev–Trinajstić information content (AvgIpc) is 2.53. The Labute approximate surface area is 144 Å². The van der Waals surface area contributed by atoms with Gasteiger partial charge >= 0.3 is 0 Å². The van der Waals surface area contributed by atoms with Crippen LogP contribution in [0.4, 0.5) is 8.78 Å². The van der Waals surface area contributed by atoms with Crippen molar-refractivity contribution < 1.29 is 18.4 Å². The number of carbonyl (C=O) groups excluding carboxylic acids is 2. The van der Waals surface area contributed by atoms with Crippen molar-refractivity contribution >= 4 is 12.3 Å².